The van der Waals surface area contributed by atoms with Crippen LogP contribution in [0.3, 0.4) is 0 Å². The van der Waals surface area contributed by atoms with Crippen LogP contribution in [0.1, 0.15) is 109 Å². The minimum absolute atomic E-state index is 0. The number of fused-ring (bicyclic) bond motifs is 4. The Bertz CT molecular complexity index is 3470. The first-order valence-electron chi connectivity index (χ1n) is 24.8. The van der Waals surface area contributed by atoms with Gasteiger partial charge in [-0.25, -0.2) is 0 Å². The number of pyridine rings is 1. The fraction of sp³-hybridized carbons (Fsp3) is 0.238. The molecule has 1 aliphatic carbocycles. The first-order chi connectivity index (χ1) is 34.1. The molecule has 11 rings (SSSR count). The molecule has 4 nitrogen and oxygen atoms in total. The molecule has 361 valence electrons. The summed E-state index contributed by atoms with van der Waals surface area (Å²) in [5, 5.41) is 2.14. The van der Waals surface area contributed by atoms with Crippen molar-refractivity contribution in [3.63, 3.8) is 0 Å². The second kappa shape index (κ2) is 20.3. The van der Waals surface area contributed by atoms with Gasteiger partial charge < -0.3 is 14.0 Å². The van der Waals surface area contributed by atoms with E-state index >= 15 is 0 Å². The fourth-order valence-electron chi connectivity index (χ4n) is 9.82. The molecule has 10 aromatic rings. The van der Waals surface area contributed by atoms with E-state index in [-0.39, 0.29) is 31.9 Å². The van der Waals surface area contributed by atoms with E-state index in [2.05, 4.69) is 172 Å². The third-order valence-corrected chi connectivity index (χ3v) is 13.9. The smallest absolute Gasteiger partial charge is 0.381 e. The molecule has 1 radical (unpaired) electrons. The van der Waals surface area contributed by atoms with Gasteiger partial charge >= 0.3 is 6.18 Å². The van der Waals surface area contributed by atoms with E-state index in [0.717, 1.165) is 98.9 Å². The van der Waals surface area contributed by atoms with Crippen LogP contribution in [0.25, 0.3) is 83.6 Å². The molecule has 8 heteroatoms. The van der Waals surface area contributed by atoms with E-state index in [9.17, 15) is 14.5 Å². The minimum atomic E-state index is -4.32. The number of nitrogens with zero attached hydrogens (tertiary/aromatic N) is 3. The van der Waals surface area contributed by atoms with E-state index in [1.807, 2.05) is 12.1 Å². The van der Waals surface area contributed by atoms with Crippen molar-refractivity contribution in [2.75, 3.05) is 0 Å². The average molecular weight is 1120 g/mol. The first kappa shape index (κ1) is 48.0. The number of imidazole rings is 1. The minimum Gasteiger partial charge on any atom is -0.501 e. The molecule has 71 heavy (non-hydrogen) atoms. The van der Waals surface area contributed by atoms with Gasteiger partial charge in [0.2, 0.25) is 0 Å². The number of para-hydroxylation sites is 2. The van der Waals surface area contributed by atoms with Gasteiger partial charge in [-0.2, -0.15) is 13.2 Å². The number of rotatable bonds is 8. The van der Waals surface area contributed by atoms with Gasteiger partial charge in [0.05, 0.1) is 22.4 Å². The van der Waals surface area contributed by atoms with Gasteiger partial charge in [-0.1, -0.05) is 143 Å². The second-order valence-corrected chi connectivity index (χ2v) is 19.9. The van der Waals surface area contributed by atoms with Crippen LogP contribution in [0, 0.1) is 17.5 Å². The molecule has 0 saturated heterocycles. The zero-order valence-corrected chi connectivity index (χ0v) is 43.2. The number of alkyl halides is 3. The van der Waals surface area contributed by atoms with Crippen LogP contribution in [0.15, 0.2) is 168 Å². The molecule has 7 aromatic carbocycles. The number of benzene rings is 7. The summed E-state index contributed by atoms with van der Waals surface area (Å²) in [6, 6.07) is 57.9. The van der Waals surface area contributed by atoms with Crippen LogP contribution in [0.4, 0.5) is 13.2 Å². The predicted molar refractivity (Wildman–Crippen MR) is 280 cm³/mol. The van der Waals surface area contributed by atoms with Crippen molar-refractivity contribution in [2.45, 2.75) is 91.1 Å². The molecule has 0 aliphatic heterocycles. The van der Waals surface area contributed by atoms with E-state index < -0.39 is 17.6 Å². The molecule has 1 fully saturated rings. The van der Waals surface area contributed by atoms with Crippen molar-refractivity contribution in [3.8, 4) is 50.6 Å². The maximum Gasteiger partial charge on any atom is 0.381 e. The van der Waals surface area contributed by atoms with Gasteiger partial charge in [0.1, 0.15) is 5.58 Å². The molecular weight excluding hydrogens is 1060 g/mol. The van der Waals surface area contributed by atoms with Gasteiger partial charge in [0.25, 0.3) is 0 Å². The summed E-state index contributed by atoms with van der Waals surface area (Å²) in [4.78, 5) is 9.38. The van der Waals surface area contributed by atoms with E-state index in [4.69, 9.17) is 9.40 Å². The van der Waals surface area contributed by atoms with Crippen LogP contribution in [-0.2, 0) is 26.3 Å². The van der Waals surface area contributed by atoms with E-state index in [1.54, 1.807) is 24.4 Å². The number of halogens is 3. The number of furan rings is 1. The maximum absolute atomic E-state index is 12.3. The molecule has 3 heterocycles. The molecule has 0 spiro atoms. The molecule has 0 bridgehead atoms. The molecule has 0 N–H and O–H groups in total. The third-order valence-electron chi connectivity index (χ3n) is 13.9. The largest absolute Gasteiger partial charge is 0.501 e. The average Bonchev–Trinajstić information content (AvgIpc) is 3.96. The Labute approximate surface area is 429 Å². The monoisotopic (exact) mass is 1120 g/mol. The Hall–Kier alpha value is -6.60. The van der Waals surface area contributed by atoms with Crippen LogP contribution in [0.5, 0.6) is 0 Å². The van der Waals surface area contributed by atoms with Gasteiger partial charge in [-0.3, -0.25) is 4.98 Å². The topological polar surface area (TPSA) is 43.9 Å². The fourth-order valence-corrected chi connectivity index (χ4v) is 9.82. The molecule has 3 aromatic heterocycles. The Morgan fingerprint density at radius 1 is 0.704 bits per heavy atom. The molecular formula is C63H56F3IrN3O-2. The Morgan fingerprint density at radius 3 is 2.01 bits per heavy atom. The Kier molecular flexibility index (Phi) is 13.7. The summed E-state index contributed by atoms with van der Waals surface area (Å²) in [7, 11) is 0. The number of hydrogen-bond donors (Lipinski definition) is 0. The first-order valence-corrected chi connectivity index (χ1v) is 24.3. The molecule has 1 aliphatic rings. The van der Waals surface area contributed by atoms with E-state index in [0.29, 0.717) is 16.7 Å². The van der Waals surface area contributed by atoms with Crippen molar-refractivity contribution in [3.05, 3.63) is 198 Å². The van der Waals surface area contributed by atoms with Crippen molar-refractivity contribution in [1.82, 2.24) is 14.5 Å². The van der Waals surface area contributed by atoms with Gasteiger partial charge in [0, 0.05) is 38.7 Å². The summed E-state index contributed by atoms with van der Waals surface area (Å²) < 4.78 is 55.4. The molecule has 0 amide bonds. The van der Waals surface area contributed by atoms with Gasteiger partial charge in [-0.05, 0) is 135 Å². The van der Waals surface area contributed by atoms with E-state index in [1.165, 1.54) is 34.0 Å². The zero-order valence-electron chi connectivity index (χ0n) is 41.8. The van der Waals surface area contributed by atoms with Crippen molar-refractivity contribution in [2.24, 2.45) is 5.41 Å². The molecule has 0 atom stereocenters. The standard InChI is InChI=1S/C51H49N2O.C12H7F3N.Ir/c1-32(2)43-29-39(36-21-19-35(20-22-36)37-25-27-51(5,6)28-26-37)30-44(33(3)4)48(43)53-46-18-11-10-17-45(46)52-50(53)42-16-12-15-41-40-24-23-38(31-47(40)54-49(41)42)34-13-8-7-9-14-34;13-12(14,15)10-6-4-9(5-7-10)11-3-1-2-8-16-11;/h7-15,17-24,29-33,37H,25-28H2,1-6H3;1-4,6-8H;/q2*-1;/i37D;;. The third kappa shape index (κ3) is 10.2. The summed E-state index contributed by atoms with van der Waals surface area (Å²) in [5.74, 6) is 0.800. The SMILES string of the molecule is FC(F)(F)c1c[c-]c(-c2ccccn2)cc1.[2H]C1(c2ccc(-c3cc(C(C)C)c(-n4c(-c5[c-]ccc6c5oc5cc(-c7ccccc7)ccc56)nc5ccccc54)c(C(C)C)c3)cc2)CCC(C)(C)CC1.[Ir]. The number of aromatic nitrogens is 3. The molecule has 1 saturated carbocycles. The summed E-state index contributed by atoms with van der Waals surface area (Å²) in [6.45, 7) is 13.8. The summed E-state index contributed by atoms with van der Waals surface area (Å²) in [6.07, 6.45) is 1.28. The Balaban J connectivity index is 0.000000321. The Morgan fingerprint density at radius 2 is 1.37 bits per heavy atom. The van der Waals surface area contributed by atoms with Crippen LogP contribution in [-0.4, -0.2) is 14.5 Å². The maximum atomic E-state index is 12.3. The van der Waals surface area contributed by atoms with Crippen molar-refractivity contribution < 1.29 is 39.1 Å². The van der Waals surface area contributed by atoms with Crippen molar-refractivity contribution >= 4 is 33.0 Å². The van der Waals surface area contributed by atoms with Gasteiger partial charge in [0.15, 0.2) is 0 Å². The summed E-state index contributed by atoms with van der Waals surface area (Å²) in [5.41, 5.74) is 14.8. The predicted octanol–water partition coefficient (Wildman–Crippen LogP) is 18.2. The summed E-state index contributed by atoms with van der Waals surface area (Å²) >= 11 is 0. The van der Waals surface area contributed by atoms with Crippen LogP contribution < -0.4 is 0 Å². The number of hydrogen-bond acceptors (Lipinski definition) is 3. The van der Waals surface area contributed by atoms with Crippen LogP contribution in [0.2, 0.25) is 0 Å². The molecule has 0 unspecified atom stereocenters. The quantitative estimate of drug-likeness (QED) is 0.142. The zero-order chi connectivity index (χ0) is 49.7. The van der Waals surface area contributed by atoms with Crippen LogP contribution >= 0.6 is 0 Å². The normalized spacial score (nSPS) is 14.6. The van der Waals surface area contributed by atoms with Gasteiger partial charge in [-0.15, -0.1) is 48.0 Å². The van der Waals surface area contributed by atoms with Crippen molar-refractivity contribution in [1.29, 1.82) is 0 Å². The second-order valence-electron chi connectivity index (χ2n) is 19.9.